The van der Waals surface area contributed by atoms with Gasteiger partial charge in [0.25, 0.3) is 0 Å². The van der Waals surface area contributed by atoms with E-state index in [1.165, 1.54) is 0 Å². The first kappa shape index (κ1) is 16.5. The van der Waals surface area contributed by atoms with Gasteiger partial charge in [-0.2, -0.15) is 0 Å². The molecule has 2 aromatic carbocycles. The van der Waals surface area contributed by atoms with Crippen molar-refractivity contribution in [3.8, 4) is 0 Å². The quantitative estimate of drug-likeness (QED) is 0.905. The van der Waals surface area contributed by atoms with Crippen LogP contribution in [0.5, 0.6) is 0 Å². The SMILES string of the molecule is CC(C)C[C@H](N)C(=O)Nc1ccc2ccccc2c1.Cl. The van der Waals surface area contributed by atoms with E-state index in [4.69, 9.17) is 5.73 Å². The van der Waals surface area contributed by atoms with Gasteiger partial charge in [0.1, 0.15) is 0 Å². The summed E-state index contributed by atoms with van der Waals surface area (Å²) in [5.41, 5.74) is 6.66. The zero-order valence-electron chi connectivity index (χ0n) is 11.8. The van der Waals surface area contributed by atoms with Crippen LogP contribution >= 0.6 is 12.4 Å². The Labute approximate surface area is 126 Å². The van der Waals surface area contributed by atoms with Crippen LogP contribution in [0.1, 0.15) is 20.3 Å². The zero-order valence-corrected chi connectivity index (χ0v) is 12.6. The van der Waals surface area contributed by atoms with Crippen LogP contribution < -0.4 is 11.1 Å². The van der Waals surface area contributed by atoms with E-state index in [9.17, 15) is 4.79 Å². The lowest BCUT2D eigenvalue weighted by Crippen LogP contribution is -2.36. The summed E-state index contributed by atoms with van der Waals surface area (Å²) in [4.78, 5) is 11.9. The van der Waals surface area contributed by atoms with Crippen LogP contribution in [-0.2, 0) is 4.79 Å². The number of carbonyl (C=O) groups is 1. The first-order valence-corrected chi connectivity index (χ1v) is 6.61. The summed E-state index contributed by atoms with van der Waals surface area (Å²) in [5.74, 6) is 0.293. The number of fused-ring (bicyclic) bond motifs is 1. The molecule has 3 nitrogen and oxygen atoms in total. The lowest BCUT2D eigenvalue weighted by atomic mass is 10.0. The van der Waals surface area contributed by atoms with Crippen molar-refractivity contribution in [3.05, 3.63) is 42.5 Å². The molecule has 20 heavy (non-hydrogen) atoms. The highest BCUT2D eigenvalue weighted by Gasteiger charge is 2.14. The van der Waals surface area contributed by atoms with Crippen molar-refractivity contribution in [2.75, 3.05) is 5.32 Å². The Hall–Kier alpha value is -1.58. The monoisotopic (exact) mass is 292 g/mol. The lowest BCUT2D eigenvalue weighted by molar-refractivity contribution is -0.117. The minimum absolute atomic E-state index is 0. The largest absolute Gasteiger partial charge is 0.325 e. The van der Waals surface area contributed by atoms with Gasteiger partial charge in [-0.1, -0.05) is 44.2 Å². The maximum Gasteiger partial charge on any atom is 0.241 e. The summed E-state index contributed by atoms with van der Waals surface area (Å²) in [5, 5.41) is 5.14. The molecule has 0 fully saturated rings. The van der Waals surface area contributed by atoms with Crippen LogP contribution in [0.4, 0.5) is 5.69 Å². The fourth-order valence-electron chi connectivity index (χ4n) is 2.12. The van der Waals surface area contributed by atoms with Gasteiger partial charge < -0.3 is 11.1 Å². The van der Waals surface area contributed by atoms with Crippen LogP contribution in [0.25, 0.3) is 10.8 Å². The number of nitrogens with two attached hydrogens (primary N) is 1. The van der Waals surface area contributed by atoms with Gasteiger partial charge >= 0.3 is 0 Å². The molecular formula is C16H21ClN2O. The van der Waals surface area contributed by atoms with E-state index in [0.717, 1.165) is 16.5 Å². The van der Waals surface area contributed by atoms with Crippen molar-refractivity contribution < 1.29 is 4.79 Å². The number of nitrogens with one attached hydrogen (secondary N) is 1. The summed E-state index contributed by atoms with van der Waals surface area (Å²) in [6.07, 6.45) is 0.694. The summed E-state index contributed by atoms with van der Waals surface area (Å²) < 4.78 is 0. The van der Waals surface area contributed by atoms with E-state index in [-0.39, 0.29) is 18.3 Å². The third-order valence-electron chi connectivity index (χ3n) is 3.08. The van der Waals surface area contributed by atoms with E-state index in [0.29, 0.717) is 12.3 Å². The minimum Gasteiger partial charge on any atom is -0.325 e. The molecule has 1 amide bonds. The maximum absolute atomic E-state index is 11.9. The highest BCUT2D eigenvalue weighted by Crippen LogP contribution is 2.19. The fourth-order valence-corrected chi connectivity index (χ4v) is 2.12. The summed E-state index contributed by atoms with van der Waals surface area (Å²) in [7, 11) is 0. The first-order valence-electron chi connectivity index (χ1n) is 6.61. The molecule has 4 heteroatoms. The summed E-state index contributed by atoms with van der Waals surface area (Å²) >= 11 is 0. The van der Waals surface area contributed by atoms with E-state index in [2.05, 4.69) is 19.2 Å². The normalized spacial score (nSPS) is 12.0. The van der Waals surface area contributed by atoms with Crippen LogP contribution in [0.15, 0.2) is 42.5 Å². The van der Waals surface area contributed by atoms with Gasteiger partial charge in [0.05, 0.1) is 6.04 Å². The van der Waals surface area contributed by atoms with Gasteiger partial charge in [0.2, 0.25) is 5.91 Å². The number of hydrogen-bond acceptors (Lipinski definition) is 2. The standard InChI is InChI=1S/C16H20N2O.ClH/c1-11(2)9-15(17)16(19)18-14-8-7-12-5-3-4-6-13(12)10-14;/h3-8,10-11,15H,9,17H2,1-2H3,(H,18,19);1H/t15-;/m0./s1. The molecular weight excluding hydrogens is 272 g/mol. The second kappa shape index (κ2) is 7.27. The first-order chi connectivity index (χ1) is 9.06. The second-order valence-electron chi connectivity index (χ2n) is 5.29. The molecule has 0 unspecified atom stereocenters. The van der Waals surface area contributed by atoms with Gasteiger partial charge in [-0.3, -0.25) is 4.79 Å². The van der Waals surface area contributed by atoms with Crippen molar-refractivity contribution in [2.24, 2.45) is 11.7 Å². The molecule has 0 bridgehead atoms. The third-order valence-corrected chi connectivity index (χ3v) is 3.08. The van der Waals surface area contributed by atoms with E-state index < -0.39 is 6.04 Å². The third kappa shape index (κ3) is 4.22. The predicted molar refractivity (Wildman–Crippen MR) is 87.3 cm³/mol. The molecule has 0 saturated heterocycles. The average molecular weight is 293 g/mol. The molecule has 0 saturated carbocycles. The molecule has 2 aromatic rings. The van der Waals surface area contributed by atoms with Gasteiger partial charge in [-0.15, -0.1) is 12.4 Å². The number of hydrogen-bond donors (Lipinski definition) is 2. The van der Waals surface area contributed by atoms with Crippen molar-refractivity contribution in [3.63, 3.8) is 0 Å². The predicted octanol–water partition coefficient (Wildman–Crippen LogP) is 3.57. The highest BCUT2D eigenvalue weighted by molar-refractivity contribution is 5.97. The zero-order chi connectivity index (χ0) is 13.8. The Morgan fingerprint density at radius 3 is 2.45 bits per heavy atom. The van der Waals surface area contributed by atoms with Crippen molar-refractivity contribution >= 4 is 34.8 Å². The number of anilines is 1. The molecule has 0 radical (unpaired) electrons. The molecule has 1 atom stereocenters. The Morgan fingerprint density at radius 2 is 1.80 bits per heavy atom. The van der Waals surface area contributed by atoms with Gasteiger partial charge in [-0.25, -0.2) is 0 Å². The Bertz CT molecular complexity index is 583. The van der Waals surface area contributed by atoms with Crippen molar-refractivity contribution in [2.45, 2.75) is 26.3 Å². The van der Waals surface area contributed by atoms with E-state index in [1.807, 2.05) is 42.5 Å². The molecule has 0 aromatic heterocycles. The molecule has 0 spiro atoms. The molecule has 0 aliphatic rings. The van der Waals surface area contributed by atoms with Gasteiger partial charge in [-0.05, 0) is 35.2 Å². The van der Waals surface area contributed by atoms with Crippen LogP contribution in [0.2, 0.25) is 0 Å². The molecule has 0 aliphatic carbocycles. The second-order valence-corrected chi connectivity index (χ2v) is 5.29. The highest BCUT2D eigenvalue weighted by atomic mass is 35.5. The molecule has 0 heterocycles. The topological polar surface area (TPSA) is 55.1 Å². The Kier molecular flexibility index (Phi) is 5.99. The summed E-state index contributed by atoms with van der Waals surface area (Å²) in [6.45, 7) is 4.12. The fraction of sp³-hybridized carbons (Fsp3) is 0.312. The van der Waals surface area contributed by atoms with E-state index >= 15 is 0 Å². The van der Waals surface area contributed by atoms with Crippen LogP contribution in [0.3, 0.4) is 0 Å². The average Bonchev–Trinajstić information content (AvgIpc) is 2.37. The minimum atomic E-state index is -0.452. The maximum atomic E-state index is 11.9. The molecule has 108 valence electrons. The number of amides is 1. The molecule has 3 N–H and O–H groups in total. The number of carbonyl (C=O) groups excluding carboxylic acids is 1. The number of rotatable bonds is 4. The van der Waals surface area contributed by atoms with Crippen LogP contribution in [0, 0.1) is 5.92 Å². The summed E-state index contributed by atoms with van der Waals surface area (Å²) in [6, 6.07) is 13.5. The smallest absolute Gasteiger partial charge is 0.241 e. The Morgan fingerprint density at radius 1 is 1.15 bits per heavy atom. The number of halogens is 1. The van der Waals surface area contributed by atoms with Crippen molar-refractivity contribution in [1.29, 1.82) is 0 Å². The molecule has 2 rings (SSSR count). The van der Waals surface area contributed by atoms with Gasteiger partial charge in [0.15, 0.2) is 0 Å². The number of benzene rings is 2. The Balaban J connectivity index is 0.00000200. The van der Waals surface area contributed by atoms with E-state index in [1.54, 1.807) is 0 Å². The van der Waals surface area contributed by atoms with Crippen molar-refractivity contribution in [1.82, 2.24) is 0 Å². The van der Waals surface area contributed by atoms with Gasteiger partial charge in [0, 0.05) is 5.69 Å². The lowest BCUT2D eigenvalue weighted by Gasteiger charge is -2.14. The molecule has 0 aliphatic heterocycles. The van der Waals surface area contributed by atoms with Crippen LogP contribution in [-0.4, -0.2) is 11.9 Å².